The highest BCUT2D eigenvalue weighted by atomic mass is 16.5. The molecule has 5 nitrogen and oxygen atoms in total. The molecular weight excluding hydrogens is 248 g/mol. The molecule has 108 valence electrons. The van der Waals surface area contributed by atoms with Gasteiger partial charge < -0.3 is 9.47 Å². The molecule has 0 radical (unpaired) electrons. The van der Waals surface area contributed by atoms with Crippen molar-refractivity contribution in [2.24, 2.45) is 11.8 Å². The maximum atomic E-state index is 11.9. The molecule has 0 N–H and O–H groups in total. The standard InChI is InChI=1S/C14H22O5/c1-18-13(16)12(14(17)19-2)9-11(15)8-10-6-4-3-5-7-10/h10,12H,3-9H2,1-2H3. The van der Waals surface area contributed by atoms with E-state index in [2.05, 4.69) is 9.47 Å². The summed E-state index contributed by atoms with van der Waals surface area (Å²) in [5.41, 5.74) is 0. The van der Waals surface area contributed by atoms with Gasteiger partial charge >= 0.3 is 11.9 Å². The van der Waals surface area contributed by atoms with Gasteiger partial charge in [-0.15, -0.1) is 0 Å². The van der Waals surface area contributed by atoms with E-state index in [0.29, 0.717) is 12.3 Å². The Morgan fingerprint density at radius 3 is 2.00 bits per heavy atom. The Balaban J connectivity index is 2.50. The minimum Gasteiger partial charge on any atom is -0.468 e. The van der Waals surface area contributed by atoms with E-state index in [1.165, 1.54) is 20.6 Å². The summed E-state index contributed by atoms with van der Waals surface area (Å²) in [4.78, 5) is 34.9. The molecule has 0 spiro atoms. The van der Waals surface area contributed by atoms with Crippen LogP contribution in [0.5, 0.6) is 0 Å². The summed E-state index contributed by atoms with van der Waals surface area (Å²) in [6, 6.07) is 0. The van der Waals surface area contributed by atoms with Crippen LogP contribution >= 0.6 is 0 Å². The predicted molar refractivity (Wildman–Crippen MR) is 68.3 cm³/mol. The quantitative estimate of drug-likeness (QED) is 0.544. The average molecular weight is 270 g/mol. The van der Waals surface area contributed by atoms with Gasteiger partial charge in [0.1, 0.15) is 5.78 Å². The van der Waals surface area contributed by atoms with E-state index in [9.17, 15) is 14.4 Å². The highest BCUT2D eigenvalue weighted by Crippen LogP contribution is 2.27. The third kappa shape index (κ3) is 5.01. The summed E-state index contributed by atoms with van der Waals surface area (Å²) in [5, 5.41) is 0. The lowest BCUT2D eigenvalue weighted by molar-refractivity contribution is -0.160. The van der Waals surface area contributed by atoms with Crippen molar-refractivity contribution in [2.75, 3.05) is 14.2 Å². The lowest BCUT2D eigenvalue weighted by atomic mass is 9.84. The van der Waals surface area contributed by atoms with Crippen molar-refractivity contribution in [1.29, 1.82) is 0 Å². The highest BCUT2D eigenvalue weighted by Gasteiger charge is 2.31. The van der Waals surface area contributed by atoms with E-state index >= 15 is 0 Å². The smallest absolute Gasteiger partial charge is 0.320 e. The largest absolute Gasteiger partial charge is 0.468 e. The van der Waals surface area contributed by atoms with Crippen molar-refractivity contribution >= 4 is 17.7 Å². The number of ether oxygens (including phenoxy) is 2. The van der Waals surface area contributed by atoms with E-state index < -0.39 is 17.9 Å². The molecule has 0 saturated heterocycles. The van der Waals surface area contributed by atoms with Crippen LogP contribution in [-0.2, 0) is 23.9 Å². The van der Waals surface area contributed by atoms with Crippen molar-refractivity contribution in [3.05, 3.63) is 0 Å². The Morgan fingerprint density at radius 1 is 1.00 bits per heavy atom. The van der Waals surface area contributed by atoms with Crippen LogP contribution in [0, 0.1) is 11.8 Å². The first-order chi connectivity index (χ1) is 9.08. The second-order valence-electron chi connectivity index (χ2n) is 5.05. The molecule has 1 saturated carbocycles. The monoisotopic (exact) mass is 270 g/mol. The topological polar surface area (TPSA) is 69.7 Å². The van der Waals surface area contributed by atoms with Gasteiger partial charge in [0, 0.05) is 12.8 Å². The van der Waals surface area contributed by atoms with Gasteiger partial charge in [-0.05, 0) is 5.92 Å². The molecule has 0 aliphatic heterocycles. The van der Waals surface area contributed by atoms with Crippen molar-refractivity contribution in [3.8, 4) is 0 Å². The summed E-state index contributed by atoms with van der Waals surface area (Å²) < 4.78 is 9.07. The van der Waals surface area contributed by atoms with Crippen LogP contribution < -0.4 is 0 Å². The number of hydrogen-bond acceptors (Lipinski definition) is 5. The first kappa shape index (κ1) is 15.7. The molecule has 1 aliphatic rings. The van der Waals surface area contributed by atoms with Crippen molar-refractivity contribution in [3.63, 3.8) is 0 Å². The van der Waals surface area contributed by atoms with E-state index in [1.54, 1.807) is 0 Å². The molecule has 0 atom stereocenters. The van der Waals surface area contributed by atoms with Gasteiger partial charge in [0.25, 0.3) is 0 Å². The second kappa shape index (κ2) is 7.92. The SMILES string of the molecule is COC(=O)C(CC(=O)CC1CCCCC1)C(=O)OC. The minimum absolute atomic E-state index is 0.0623. The van der Waals surface area contributed by atoms with Gasteiger partial charge in [0.15, 0.2) is 5.92 Å². The lowest BCUT2D eigenvalue weighted by Gasteiger charge is -2.21. The fourth-order valence-electron chi connectivity index (χ4n) is 2.57. The zero-order valence-electron chi connectivity index (χ0n) is 11.6. The van der Waals surface area contributed by atoms with Crippen molar-refractivity contribution < 1.29 is 23.9 Å². The molecule has 0 amide bonds. The van der Waals surface area contributed by atoms with Crippen LogP contribution in [0.3, 0.4) is 0 Å². The third-order valence-electron chi connectivity index (χ3n) is 3.64. The Labute approximate surface area is 113 Å². The van der Waals surface area contributed by atoms with Crippen LogP contribution in [-0.4, -0.2) is 31.9 Å². The van der Waals surface area contributed by atoms with Crippen molar-refractivity contribution in [2.45, 2.75) is 44.9 Å². The first-order valence-electron chi connectivity index (χ1n) is 6.75. The average Bonchev–Trinajstić information content (AvgIpc) is 2.44. The van der Waals surface area contributed by atoms with E-state index in [1.807, 2.05) is 0 Å². The molecule has 1 fully saturated rings. The maximum Gasteiger partial charge on any atom is 0.320 e. The number of Topliss-reactive ketones (excluding diaryl/α,β-unsaturated/α-hetero) is 1. The number of hydrogen-bond donors (Lipinski definition) is 0. The minimum atomic E-state index is -1.12. The van der Waals surface area contributed by atoms with Crippen molar-refractivity contribution in [1.82, 2.24) is 0 Å². The molecule has 0 aromatic heterocycles. The maximum absolute atomic E-state index is 11.9. The normalized spacial score (nSPS) is 16.2. The van der Waals surface area contributed by atoms with Crippen LogP contribution in [0.15, 0.2) is 0 Å². The van der Waals surface area contributed by atoms with Crippen LogP contribution in [0.25, 0.3) is 0 Å². The summed E-state index contributed by atoms with van der Waals surface area (Å²) in [6.07, 6.45) is 6.02. The Bertz CT molecular complexity index is 315. The van der Waals surface area contributed by atoms with Gasteiger partial charge in [-0.2, -0.15) is 0 Å². The van der Waals surface area contributed by atoms with Gasteiger partial charge in [-0.3, -0.25) is 14.4 Å². The molecule has 0 aromatic rings. The van der Waals surface area contributed by atoms with E-state index in [0.717, 1.165) is 25.7 Å². The molecule has 0 unspecified atom stereocenters. The fraction of sp³-hybridized carbons (Fsp3) is 0.786. The summed E-state index contributed by atoms with van der Waals surface area (Å²) in [7, 11) is 2.40. The lowest BCUT2D eigenvalue weighted by Crippen LogP contribution is -2.29. The third-order valence-corrected chi connectivity index (χ3v) is 3.64. The van der Waals surface area contributed by atoms with Crippen LogP contribution in [0.2, 0.25) is 0 Å². The van der Waals surface area contributed by atoms with E-state index in [-0.39, 0.29) is 12.2 Å². The summed E-state index contributed by atoms with van der Waals surface area (Å²) >= 11 is 0. The predicted octanol–water partition coefficient (Wildman–Crippen LogP) is 1.88. The summed E-state index contributed by atoms with van der Waals surface area (Å²) in [5.74, 6) is -2.19. The molecular formula is C14H22O5. The summed E-state index contributed by atoms with van der Waals surface area (Å²) in [6.45, 7) is 0. The van der Waals surface area contributed by atoms with Gasteiger partial charge in [-0.25, -0.2) is 0 Å². The van der Waals surface area contributed by atoms with Gasteiger partial charge in [0.2, 0.25) is 0 Å². The van der Waals surface area contributed by atoms with Crippen LogP contribution in [0.1, 0.15) is 44.9 Å². The van der Waals surface area contributed by atoms with Gasteiger partial charge in [0.05, 0.1) is 14.2 Å². The second-order valence-corrected chi connectivity index (χ2v) is 5.05. The Hall–Kier alpha value is -1.39. The first-order valence-corrected chi connectivity index (χ1v) is 6.75. The Morgan fingerprint density at radius 2 is 1.53 bits per heavy atom. The molecule has 19 heavy (non-hydrogen) atoms. The number of methoxy groups -OCH3 is 2. The number of carbonyl (C=O) groups excluding carboxylic acids is 3. The zero-order valence-corrected chi connectivity index (χ0v) is 11.6. The molecule has 5 heteroatoms. The highest BCUT2D eigenvalue weighted by molar-refractivity contribution is 5.99. The zero-order chi connectivity index (χ0) is 14.3. The van der Waals surface area contributed by atoms with Crippen LogP contribution in [0.4, 0.5) is 0 Å². The molecule has 1 rings (SSSR count). The van der Waals surface area contributed by atoms with E-state index in [4.69, 9.17) is 0 Å². The number of carbonyl (C=O) groups is 3. The number of esters is 2. The number of ketones is 1. The molecule has 0 bridgehead atoms. The fourth-order valence-corrected chi connectivity index (χ4v) is 2.57. The Kier molecular flexibility index (Phi) is 6.53. The molecule has 0 aromatic carbocycles. The number of rotatable bonds is 6. The molecule has 1 aliphatic carbocycles. The van der Waals surface area contributed by atoms with Gasteiger partial charge in [-0.1, -0.05) is 32.1 Å². The molecule has 0 heterocycles.